The lowest BCUT2D eigenvalue weighted by atomic mass is 9.67. The fourth-order valence-corrected chi connectivity index (χ4v) is 7.52. The van der Waals surface area contributed by atoms with Crippen LogP contribution < -0.4 is 0 Å². The Hall–Kier alpha value is -0.570. The van der Waals surface area contributed by atoms with E-state index in [0.29, 0.717) is 11.8 Å². The van der Waals surface area contributed by atoms with Gasteiger partial charge in [-0.1, -0.05) is 20.3 Å². The van der Waals surface area contributed by atoms with Crippen LogP contribution in [0.15, 0.2) is 0 Å². The second-order valence-corrected chi connectivity index (χ2v) is 12.3. The average Bonchev–Trinajstić information content (AvgIpc) is 2.86. The van der Waals surface area contributed by atoms with E-state index in [1.54, 1.807) is 0 Å². The van der Waals surface area contributed by atoms with Crippen LogP contribution in [0.4, 0.5) is 30.7 Å². The first-order valence-corrected chi connectivity index (χ1v) is 14.4. The smallest absolute Gasteiger partial charge is 0.364 e. The maximum Gasteiger partial charge on any atom is 0.364 e. The van der Waals surface area contributed by atoms with Gasteiger partial charge in [-0.2, -0.15) is 8.78 Å². The quantitative estimate of drug-likeness (QED) is 0.301. The summed E-state index contributed by atoms with van der Waals surface area (Å²) in [5, 5.41) is 0. The normalized spacial score (nSPS) is 48.1. The Balaban J connectivity index is 1.28. The largest absolute Gasteiger partial charge is 0.378 e. The van der Waals surface area contributed by atoms with Gasteiger partial charge in [0, 0.05) is 18.9 Å². The Labute approximate surface area is 216 Å². The summed E-state index contributed by atoms with van der Waals surface area (Å²) in [7, 11) is 0. The average molecular weight is 545 g/mol. The summed E-state index contributed by atoms with van der Waals surface area (Å²) in [6.45, 7) is 4.14. The Kier molecular flexibility index (Phi) is 9.78. The molecule has 4 aliphatic rings. The summed E-state index contributed by atoms with van der Waals surface area (Å²) < 4.78 is 112. The molecular formula is C28H43F7O2. The summed E-state index contributed by atoms with van der Waals surface area (Å²) in [5.74, 6) is -2.85. The molecule has 9 heteroatoms. The molecule has 9 unspecified atom stereocenters. The molecule has 0 spiro atoms. The molecule has 37 heavy (non-hydrogen) atoms. The highest BCUT2D eigenvalue weighted by atomic mass is 19.3. The van der Waals surface area contributed by atoms with E-state index in [1.807, 2.05) is 0 Å². The predicted octanol–water partition coefficient (Wildman–Crippen LogP) is 8.12. The third kappa shape index (κ3) is 6.60. The zero-order valence-corrected chi connectivity index (χ0v) is 22.0. The van der Waals surface area contributed by atoms with Crippen molar-refractivity contribution in [1.82, 2.24) is 0 Å². The lowest BCUT2D eigenvalue weighted by Gasteiger charge is -2.45. The highest BCUT2D eigenvalue weighted by Gasteiger charge is 2.57. The van der Waals surface area contributed by atoms with Crippen molar-refractivity contribution in [2.75, 3.05) is 6.61 Å². The van der Waals surface area contributed by atoms with Gasteiger partial charge in [-0.15, -0.1) is 0 Å². The molecule has 0 aromatic rings. The molecular weight excluding hydrogens is 501 g/mol. The van der Waals surface area contributed by atoms with Gasteiger partial charge in [-0.3, -0.25) is 0 Å². The van der Waals surface area contributed by atoms with Crippen molar-refractivity contribution in [3.63, 3.8) is 0 Å². The minimum absolute atomic E-state index is 0.0825. The van der Waals surface area contributed by atoms with Crippen molar-refractivity contribution in [2.45, 2.75) is 134 Å². The second kappa shape index (κ2) is 12.3. The molecule has 4 fully saturated rings. The molecule has 3 saturated carbocycles. The van der Waals surface area contributed by atoms with Crippen LogP contribution in [-0.4, -0.2) is 55.8 Å². The lowest BCUT2D eigenvalue weighted by Crippen LogP contribution is -2.54. The molecule has 0 aromatic carbocycles. The van der Waals surface area contributed by atoms with E-state index >= 15 is 8.78 Å². The van der Waals surface area contributed by atoms with Crippen molar-refractivity contribution >= 4 is 0 Å². The number of hydrogen-bond acceptors (Lipinski definition) is 2. The number of rotatable bonds is 7. The summed E-state index contributed by atoms with van der Waals surface area (Å²) >= 11 is 0. The van der Waals surface area contributed by atoms with Crippen LogP contribution in [0.25, 0.3) is 0 Å². The molecule has 0 amide bonds. The van der Waals surface area contributed by atoms with E-state index in [-0.39, 0.29) is 30.8 Å². The molecule has 9 atom stereocenters. The number of hydrogen-bond donors (Lipinski definition) is 0. The van der Waals surface area contributed by atoms with Gasteiger partial charge in [0.1, 0.15) is 30.6 Å². The van der Waals surface area contributed by atoms with Crippen LogP contribution in [-0.2, 0) is 9.47 Å². The first-order chi connectivity index (χ1) is 17.5. The van der Waals surface area contributed by atoms with E-state index < -0.39 is 61.3 Å². The van der Waals surface area contributed by atoms with Gasteiger partial charge in [-0.05, 0) is 81.5 Å². The number of alkyl halides is 7. The van der Waals surface area contributed by atoms with Crippen molar-refractivity contribution in [1.29, 1.82) is 0 Å². The van der Waals surface area contributed by atoms with E-state index in [9.17, 15) is 22.0 Å². The summed E-state index contributed by atoms with van der Waals surface area (Å²) in [5.41, 5.74) is 0. The van der Waals surface area contributed by atoms with Gasteiger partial charge in [0.2, 0.25) is 0 Å². The summed E-state index contributed by atoms with van der Waals surface area (Å²) in [6, 6.07) is 0. The zero-order chi connectivity index (χ0) is 26.9. The topological polar surface area (TPSA) is 18.5 Å². The van der Waals surface area contributed by atoms with Gasteiger partial charge in [-0.25, -0.2) is 22.0 Å². The summed E-state index contributed by atoms with van der Waals surface area (Å²) in [4.78, 5) is 0. The highest BCUT2D eigenvalue weighted by molar-refractivity contribution is 4.97. The Morgan fingerprint density at radius 2 is 1.38 bits per heavy atom. The van der Waals surface area contributed by atoms with Gasteiger partial charge in [0.15, 0.2) is 6.17 Å². The fraction of sp³-hybridized carbons (Fsp3) is 1.00. The zero-order valence-electron chi connectivity index (χ0n) is 22.0. The van der Waals surface area contributed by atoms with Gasteiger partial charge < -0.3 is 9.47 Å². The predicted molar refractivity (Wildman–Crippen MR) is 127 cm³/mol. The van der Waals surface area contributed by atoms with E-state index in [1.165, 1.54) is 12.8 Å². The minimum atomic E-state index is -4.24. The molecule has 1 saturated heterocycles. The van der Waals surface area contributed by atoms with Crippen LogP contribution in [0, 0.1) is 35.5 Å². The second-order valence-electron chi connectivity index (χ2n) is 12.3. The van der Waals surface area contributed by atoms with Crippen molar-refractivity contribution in [3.8, 4) is 0 Å². The van der Waals surface area contributed by atoms with Crippen molar-refractivity contribution in [2.24, 2.45) is 35.5 Å². The number of ether oxygens (including phenoxy) is 2. The maximum absolute atomic E-state index is 15.1. The molecule has 1 heterocycles. The molecule has 0 aromatic heterocycles. The van der Waals surface area contributed by atoms with E-state index in [0.717, 1.165) is 52.1 Å². The van der Waals surface area contributed by atoms with Gasteiger partial charge in [0.25, 0.3) is 0 Å². The highest BCUT2D eigenvalue weighted by Crippen LogP contribution is 2.49. The monoisotopic (exact) mass is 544 g/mol. The molecule has 0 bridgehead atoms. The fourth-order valence-electron chi connectivity index (χ4n) is 7.52. The first kappa shape index (κ1) is 29.4. The molecule has 0 radical (unpaired) electrons. The lowest BCUT2D eigenvalue weighted by molar-refractivity contribution is -0.330. The van der Waals surface area contributed by atoms with Crippen LogP contribution in [0.3, 0.4) is 0 Å². The van der Waals surface area contributed by atoms with Crippen LogP contribution >= 0.6 is 0 Å². The first-order valence-electron chi connectivity index (χ1n) is 14.4. The third-order valence-corrected chi connectivity index (χ3v) is 9.84. The molecule has 4 rings (SSSR count). The van der Waals surface area contributed by atoms with Gasteiger partial charge >= 0.3 is 6.11 Å². The summed E-state index contributed by atoms with van der Waals surface area (Å²) in [6.07, 6.45) is -10.0. The SMILES string of the molecule is CCCC1CCC(C2CCC(C3CC(F)C(C(F)(F)OC4CC(F)C(F)C(F)C4C)C(F)C3)CC2)OC1. The Bertz CT molecular complexity index is 699. The van der Waals surface area contributed by atoms with Gasteiger partial charge in [0.05, 0.1) is 12.2 Å². The molecule has 1 aliphatic heterocycles. The van der Waals surface area contributed by atoms with E-state index in [2.05, 4.69) is 11.7 Å². The molecule has 216 valence electrons. The van der Waals surface area contributed by atoms with Crippen molar-refractivity contribution < 1.29 is 40.2 Å². The third-order valence-electron chi connectivity index (χ3n) is 9.84. The van der Waals surface area contributed by atoms with E-state index in [4.69, 9.17) is 4.74 Å². The van der Waals surface area contributed by atoms with Crippen molar-refractivity contribution in [3.05, 3.63) is 0 Å². The minimum Gasteiger partial charge on any atom is -0.378 e. The standard InChI is InChI=1S/C28H43F7O2/c1-3-4-16-5-10-23(36-14-16)18-8-6-17(7-9-18)19-11-20(29)25(21(30)12-19)28(34,35)37-24-13-22(31)27(33)26(32)15(24)2/h15-27H,3-14H2,1-2H3. The van der Waals surface area contributed by atoms with Crippen LogP contribution in [0.2, 0.25) is 0 Å². The Morgan fingerprint density at radius 3 is 1.95 bits per heavy atom. The maximum atomic E-state index is 15.1. The van der Waals surface area contributed by atoms with Crippen LogP contribution in [0.5, 0.6) is 0 Å². The molecule has 3 aliphatic carbocycles. The molecule has 2 nitrogen and oxygen atoms in total. The number of halogens is 7. The Morgan fingerprint density at radius 1 is 0.757 bits per heavy atom. The molecule has 0 N–H and O–H groups in total. The van der Waals surface area contributed by atoms with Crippen LogP contribution in [0.1, 0.15) is 84.5 Å².